The van der Waals surface area contributed by atoms with Crippen molar-refractivity contribution in [3.63, 3.8) is 0 Å². The van der Waals surface area contributed by atoms with Crippen molar-refractivity contribution < 1.29 is 4.74 Å². The molecule has 158 valence electrons. The normalized spacial score (nSPS) is 10.9. The fraction of sp³-hybridized carbons (Fsp3) is 0.391. The van der Waals surface area contributed by atoms with Gasteiger partial charge in [0.1, 0.15) is 6.33 Å². The van der Waals surface area contributed by atoms with E-state index >= 15 is 0 Å². The molecule has 1 N–H and O–H groups in total. The van der Waals surface area contributed by atoms with E-state index < -0.39 is 0 Å². The predicted molar refractivity (Wildman–Crippen MR) is 120 cm³/mol. The molecule has 0 bridgehead atoms. The Labute approximate surface area is 182 Å². The minimum absolute atomic E-state index is 0.160. The van der Waals surface area contributed by atoms with E-state index in [4.69, 9.17) is 17.0 Å². The molecular formula is C23H28N4O2S. The summed E-state index contributed by atoms with van der Waals surface area (Å²) in [5.74, 6) is 0. The van der Waals surface area contributed by atoms with Gasteiger partial charge in [0.15, 0.2) is 4.77 Å². The highest BCUT2D eigenvalue weighted by molar-refractivity contribution is 7.71. The molecule has 2 heterocycles. The molecule has 0 aliphatic heterocycles. The van der Waals surface area contributed by atoms with E-state index in [2.05, 4.69) is 45.3 Å². The number of H-pyrrole nitrogens is 1. The van der Waals surface area contributed by atoms with E-state index in [0.717, 1.165) is 31.4 Å². The second-order valence-corrected chi connectivity index (χ2v) is 7.68. The number of aromatic amines is 1. The lowest BCUT2D eigenvalue weighted by molar-refractivity contribution is 0.124. The summed E-state index contributed by atoms with van der Waals surface area (Å²) in [6.45, 7) is 2.18. The molecule has 0 saturated heterocycles. The highest BCUT2D eigenvalue weighted by atomic mass is 32.1. The molecule has 3 aromatic rings. The van der Waals surface area contributed by atoms with Gasteiger partial charge in [0.25, 0.3) is 5.56 Å². The van der Waals surface area contributed by atoms with E-state index in [1.54, 1.807) is 12.4 Å². The Hall–Kier alpha value is -2.64. The van der Waals surface area contributed by atoms with Crippen LogP contribution in [0.5, 0.6) is 0 Å². The number of benzene rings is 1. The zero-order chi connectivity index (χ0) is 21.0. The fourth-order valence-electron chi connectivity index (χ4n) is 3.28. The van der Waals surface area contributed by atoms with Crippen LogP contribution in [-0.2, 0) is 24.1 Å². The second-order valence-electron chi connectivity index (χ2n) is 7.29. The first kappa shape index (κ1) is 22.1. The highest BCUT2D eigenvalue weighted by Crippen LogP contribution is 2.07. The first-order chi connectivity index (χ1) is 14.7. The van der Waals surface area contributed by atoms with Crippen molar-refractivity contribution in [2.75, 3.05) is 13.2 Å². The number of aryl methyl sites for hydroxylation is 2. The maximum Gasteiger partial charge on any atom is 0.255 e. The molecule has 7 heteroatoms. The molecule has 1 aromatic carbocycles. The Morgan fingerprint density at radius 1 is 0.967 bits per heavy atom. The van der Waals surface area contributed by atoms with E-state index in [0.29, 0.717) is 29.9 Å². The van der Waals surface area contributed by atoms with Gasteiger partial charge in [-0.25, -0.2) is 9.97 Å². The Balaban J connectivity index is 1.35. The number of aromatic nitrogens is 4. The SMILES string of the molecule is O=c1[nH]c(=S)n(CCCOCCCCCc2ccccc2)cc1Cc1cncnc1. The van der Waals surface area contributed by atoms with Crippen LogP contribution >= 0.6 is 12.2 Å². The van der Waals surface area contributed by atoms with Gasteiger partial charge in [0.05, 0.1) is 0 Å². The largest absolute Gasteiger partial charge is 0.381 e. The molecule has 0 fully saturated rings. The van der Waals surface area contributed by atoms with Crippen molar-refractivity contribution in [1.82, 2.24) is 19.5 Å². The molecule has 0 amide bonds. The number of unbranched alkanes of at least 4 members (excludes halogenated alkanes) is 2. The Kier molecular flexibility index (Phi) is 8.93. The lowest BCUT2D eigenvalue weighted by atomic mass is 10.1. The zero-order valence-electron chi connectivity index (χ0n) is 17.1. The Morgan fingerprint density at radius 2 is 1.73 bits per heavy atom. The van der Waals surface area contributed by atoms with Gasteiger partial charge in [0.2, 0.25) is 0 Å². The molecule has 0 saturated carbocycles. The third-order valence-corrected chi connectivity index (χ3v) is 5.21. The maximum atomic E-state index is 12.2. The van der Waals surface area contributed by atoms with E-state index in [1.807, 2.05) is 10.8 Å². The molecule has 0 aliphatic rings. The molecule has 0 unspecified atom stereocenters. The number of ether oxygens (including phenoxy) is 1. The van der Waals surface area contributed by atoms with Gasteiger partial charge in [-0.15, -0.1) is 0 Å². The molecule has 0 radical (unpaired) electrons. The van der Waals surface area contributed by atoms with Crippen molar-refractivity contribution in [2.45, 2.75) is 45.1 Å². The van der Waals surface area contributed by atoms with E-state index in [1.165, 1.54) is 24.7 Å². The molecule has 2 aromatic heterocycles. The van der Waals surface area contributed by atoms with Crippen LogP contribution in [0.1, 0.15) is 42.4 Å². The summed E-state index contributed by atoms with van der Waals surface area (Å²) in [4.78, 5) is 22.9. The molecule has 0 atom stereocenters. The van der Waals surface area contributed by atoms with Gasteiger partial charge in [-0.1, -0.05) is 36.8 Å². The summed E-state index contributed by atoms with van der Waals surface area (Å²) in [7, 11) is 0. The average molecular weight is 425 g/mol. The van der Waals surface area contributed by atoms with Crippen molar-refractivity contribution >= 4 is 12.2 Å². The summed E-state index contributed by atoms with van der Waals surface area (Å²) < 4.78 is 8.10. The Bertz CT molecular complexity index is 1000. The average Bonchev–Trinajstić information content (AvgIpc) is 2.77. The molecular weight excluding hydrogens is 396 g/mol. The first-order valence-electron chi connectivity index (χ1n) is 10.4. The summed E-state index contributed by atoms with van der Waals surface area (Å²) in [5, 5.41) is 0. The number of rotatable bonds is 12. The zero-order valence-corrected chi connectivity index (χ0v) is 17.9. The summed E-state index contributed by atoms with van der Waals surface area (Å²) >= 11 is 5.29. The van der Waals surface area contributed by atoms with Crippen molar-refractivity contribution in [3.8, 4) is 0 Å². The minimum atomic E-state index is -0.160. The second kappa shape index (κ2) is 12.1. The van der Waals surface area contributed by atoms with Crippen molar-refractivity contribution in [1.29, 1.82) is 0 Å². The van der Waals surface area contributed by atoms with Gasteiger partial charge in [0, 0.05) is 50.3 Å². The van der Waals surface area contributed by atoms with Crippen LogP contribution in [0, 0.1) is 4.77 Å². The quantitative estimate of drug-likeness (QED) is 0.350. The lowest BCUT2D eigenvalue weighted by Crippen LogP contribution is -2.19. The number of hydrogen-bond acceptors (Lipinski definition) is 5. The van der Waals surface area contributed by atoms with Gasteiger partial charge >= 0.3 is 0 Å². The Morgan fingerprint density at radius 3 is 2.53 bits per heavy atom. The molecule has 0 spiro atoms. The van der Waals surface area contributed by atoms with Gasteiger partial charge in [-0.05, 0) is 49.0 Å². The van der Waals surface area contributed by atoms with Crippen LogP contribution < -0.4 is 5.56 Å². The summed E-state index contributed by atoms with van der Waals surface area (Å²) in [6, 6.07) is 10.6. The summed E-state index contributed by atoms with van der Waals surface area (Å²) in [5.41, 5.74) is 2.78. The van der Waals surface area contributed by atoms with Crippen LogP contribution in [0.3, 0.4) is 0 Å². The minimum Gasteiger partial charge on any atom is -0.381 e. The third kappa shape index (κ3) is 7.31. The van der Waals surface area contributed by atoms with Crippen LogP contribution in [0.2, 0.25) is 0 Å². The third-order valence-electron chi connectivity index (χ3n) is 4.88. The van der Waals surface area contributed by atoms with Crippen LogP contribution in [0.4, 0.5) is 0 Å². The highest BCUT2D eigenvalue weighted by Gasteiger charge is 2.05. The van der Waals surface area contributed by atoms with E-state index in [9.17, 15) is 4.79 Å². The monoisotopic (exact) mass is 424 g/mol. The standard InChI is InChI=1S/C23H28N4O2S/c28-22-21(14-20-15-24-18-25-16-20)17-27(23(30)26-22)11-7-13-29-12-6-2-5-10-19-8-3-1-4-9-19/h1,3-4,8-9,15-18H,2,5-7,10-14H2,(H,26,28,30). The molecule has 0 aliphatic carbocycles. The van der Waals surface area contributed by atoms with Crippen molar-refractivity contribution in [3.05, 3.63) is 87.1 Å². The topological polar surface area (TPSA) is 72.8 Å². The van der Waals surface area contributed by atoms with Crippen LogP contribution in [0.25, 0.3) is 0 Å². The smallest absolute Gasteiger partial charge is 0.255 e. The summed E-state index contributed by atoms with van der Waals surface area (Å²) in [6.07, 6.45) is 12.6. The van der Waals surface area contributed by atoms with Gasteiger partial charge in [-0.3, -0.25) is 9.78 Å². The van der Waals surface area contributed by atoms with Gasteiger partial charge < -0.3 is 9.30 Å². The molecule has 6 nitrogen and oxygen atoms in total. The van der Waals surface area contributed by atoms with Crippen molar-refractivity contribution in [2.24, 2.45) is 0 Å². The maximum absolute atomic E-state index is 12.2. The predicted octanol–water partition coefficient (Wildman–Crippen LogP) is 4.11. The van der Waals surface area contributed by atoms with Crippen LogP contribution in [0.15, 0.2) is 60.0 Å². The number of nitrogens with one attached hydrogen (secondary N) is 1. The van der Waals surface area contributed by atoms with Gasteiger partial charge in [-0.2, -0.15) is 0 Å². The fourth-order valence-corrected chi connectivity index (χ4v) is 3.52. The molecule has 30 heavy (non-hydrogen) atoms. The number of nitrogens with zero attached hydrogens (tertiary/aromatic N) is 3. The first-order valence-corrected chi connectivity index (χ1v) is 10.8. The lowest BCUT2D eigenvalue weighted by Gasteiger charge is -2.10. The van der Waals surface area contributed by atoms with Crippen LogP contribution in [-0.4, -0.2) is 32.7 Å². The molecule has 3 rings (SSSR count). The number of hydrogen-bond donors (Lipinski definition) is 1. The van der Waals surface area contributed by atoms with E-state index in [-0.39, 0.29) is 5.56 Å².